The van der Waals surface area contributed by atoms with Crippen molar-refractivity contribution in [2.24, 2.45) is 0 Å². The molecule has 3 aromatic rings. The molecule has 1 aliphatic carbocycles. The zero-order chi connectivity index (χ0) is 29.1. The topological polar surface area (TPSA) is 94.1 Å². The van der Waals surface area contributed by atoms with Crippen molar-refractivity contribution >= 4 is 35.0 Å². The molecular formula is C32H29Cl2NO6. The molecule has 0 aromatic heterocycles. The van der Waals surface area contributed by atoms with E-state index in [9.17, 15) is 14.7 Å². The van der Waals surface area contributed by atoms with Crippen molar-refractivity contribution in [3.63, 3.8) is 0 Å². The van der Waals surface area contributed by atoms with E-state index in [2.05, 4.69) is 5.32 Å². The number of para-hydroxylation sites is 1. The van der Waals surface area contributed by atoms with Crippen LogP contribution in [0.4, 0.5) is 0 Å². The second-order valence-corrected chi connectivity index (χ2v) is 10.8. The Morgan fingerprint density at radius 2 is 1.73 bits per heavy atom. The molecule has 3 aromatic carbocycles. The molecule has 2 N–H and O–H groups in total. The van der Waals surface area contributed by atoms with E-state index in [-0.39, 0.29) is 53.4 Å². The smallest absolute Gasteiger partial charge is 0.336 e. The zero-order valence-electron chi connectivity index (χ0n) is 22.6. The Balaban J connectivity index is 1.48. The number of Topliss-reactive ketones (excluding diaryl/α,β-unsaturated/α-hetero) is 1. The summed E-state index contributed by atoms with van der Waals surface area (Å²) in [5, 5.41) is 14.4. The summed E-state index contributed by atoms with van der Waals surface area (Å²) in [6.07, 6.45) is 0.820. The molecule has 0 saturated carbocycles. The summed E-state index contributed by atoms with van der Waals surface area (Å²) in [6, 6.07) is 19.9. The minimum absolute atomic E-state index is 0.00930. The molecule has 0 spiro atoms. The molecule has 0 saturated heterocycles. The summed E-state index contributed by atoms with van der Waals surface area (Å²) < 4.78 is 16.6. The predicted octanol–water partition coefficient (Wildman–Crippen LogP) is 6.69. The lowest BCUT2D eigenvalue weighted by molar-refractivity contribution is -0.140. The average Bonchev–Trinajstić information content (AvgIpc) is 2.96. The van der Waals surface area contributed by atoms with Crippen LogP contribution in [0.25, 0.3) is 0 Å². The van der Waals surface area contributed by atoms with Gasteiger partial charge in [0.05, 0.1) is 17.7 Å². The van der Waals surface area contributed by atoms with Gasteiger partial charge in [0.1, 0.15) is 19.0 Å². The van der Waals surface area contributed by atoms with E-state index in [1.165, 1.54) is 7.11 Å². The Kier molecular flexibility index (Phi) is 8.57. The van der Waals surface area contributed by atoms with Gasteiger partial charge in [0.25, 0.3) is 0 Å². The number of phenolic OH excluding ortho intramolecular Hbond substituents is 1. The molecule has 0 radical (unpaired) electrons. The van der Waals surface area contributed by atoms with Crippen molar-refractivity contribution in [3.05, 3.63) is 110 Å². The molecule has 0 unspecified atom stereocenters. The maximum absolute atomic E-state index is 13.8. The van der Waals surface area contributed by atoms with Crippen molar-refractivity contribution < 1.29 is 28.9 Å². The molecule has 2 atom stereocenters. The fourth-order valence-electron chi connectivity index (χ4n) is 5.42. The first-order valence-electron chi connectivity index (χ1n) is 13.2. The van der Waals surface area contributed by atoms with Crippen molar-refractivity contribution in [2.45, 2.75) is 31.6 Å². The van der Waals surface area contributed by atoms with Crippen LogP contribution in [-0.2, 0) is 14.3 Å². The first kappa shape index (κ1) is 28.6. The number of esters is 1. The van der Waals surface area contributed by atoms with Gasteiger partial charge < -0.3 is 24.6 Å². The fraction of sp³-hybridized carbons (Fsp3) is 0.250. The molecule has 1 heterocycles. The SMILES string of the molecule is COc1cc([C@H]2C(C(=O)OCCOc3ccccc3)=C(C)NC3=C2C(=O)C[C@H](c2ccc(Cl)cc2)C3)cc(Cl)c1O. The van der Waals surface area contributed by atoms with Crippen LogP contribution in [0.2, 0.25) is 10.0 Å². The third-order valence-corrected chi connectivity index (χ3v) is 7.86. The Labute approximate surface area is 248 Å². The Hall–Kier alpha value is -3.94. The van der Waals surface area contributed by atoms with E-state index in [1.807, 2.05) is 54.6 Å². The molecule has 1 aliphatic heterocycles. The number of ether oxygens (including phenoxy) is 3. The van der Waals surface area contributed by atoms with E-state index >= 15 is 0 Å². The average molecular weight is 594 g/mol. The quantitative estimate of drug-likeness (QED) is 0.222. The number of ketones is 1. The summed E-state index contributed by atoms with van der Waals surface area (Å²) in [7, 11) is 1.41. The summed E-state index contributed by atoms with van der Waals surface area (Å²) in [5.74, 6) is -0.935. The molecule has 212 valence electrons. The Morgan fingerprint density at radius 1 is 1.00 bits per heavy atom. The van der Waals surface area contributed by atoms with Crippen molar-refractivity contribution in [1.82, 2.24) is 5.32 Å². The van der Waals surface area contributed by atoms with E-state index in [0.29, 0.717) is 34.0 Å². The minimum atomic E-state index is -0.778. The maximum Gasteiger partial charge on any atom is 0.336 e. The van der Waals surface area contributed by atoms with Crippen molar-refractivity contribution in [3.8, 4) is 17.2 Å². The number of dihydropyridines is 1. The van der Waals surface area contributed by atoms with Crippen LogP contribution in [-0.4, -0.2) is 37.2 Å². The number of hydrogen-bond donors (Lipinski definition) is 2. The van der Waals surface area contributed by atoms with Gasteiger partial charge in [-0.05, 0) is 66.8 Å². The van der Waals surface area contributed by atoms with Crippen LogP contribution >= 0.6 is 23.2 Å². The molecule has 0 bridgehead atoms. The first-order chi connectivity index (χ1) is 19.8. The third kappa shape index (κ3) is 6.06. The highest BCUT2D eigenvalue weighted by Gasteiger charge is 2.42. The predicted molar refractivity (Wildman–Crippen MR) is 157 cm³/mol. The van der Waals surface area contributed by atoms with E-state index in [1.54, 1.807) is 19.1 Å². The van der Waals surface area contributed by atoms with Gasteiger partial charge in [0, 0.05) is 34.3 Å². The van der Waals surface area contributed by atoms with E-state index < -0.39 is 11.9 Å². The van der Waals surface area contributed by atoms with Crippen LogP contribution in [0.1, 0.15) is 42.7 Å². The molecule has 9 heteroatoms. The van der Waals surface area contributed by atoms with Crippen molar-refractivity contribution in [1.29, 1.82) is 0 Å². The normalized spacial score (nSPS) is 18.5. The van der Waals surface area contributed by atoms with Gasteiger partial charge in [-0.3, -0.25) is 4.79 Å². The highest BCUT2D eigenvalue weighted by Crippen LogP contribution is 2.48. The number of phenols is 1. The number of allylic oxidation sites excluding steroid dienone is 3. The van der Waals surface area contributed by atoms with Gasteiger partial charge in [-0.1, -0.05) is 53.5 Å². The second-order valence-electron chi connectivity index (χ2n) is 9.92. The summed E-state index contributed by atoms with van der Waals surface area (Å²) in [4.78, 5) is 27.4. The largest absolute Gasteiger partial charge is 0.503 e. The van der Waals surface area contributed by atoms with Crippen molar-refractivity contribution in [2.75, 3.05) is 20.3 Å². The van der Waals surface area contributed by atoms with Crippen LogP contribution in [0.3, 0.4) is 0 Å². The number of nitrogens with one attached hydrogen (secondary N) is 1. The van der Waals surface area contributed by atoms with Gasteiger partial charge >= 0.3 is 5.97 Å². The molecule has 41 heavy (non-hydrogen) atoms. The first-order valence-corrected chi connectivity index (χ1v) is 13.9. The lowest BCUT2D eigenvalue weighted by atomic mass is 9.71. The highest BCUT2D eigenvalue weighted by molar-refractivity contribution is 6.32. The Morgan fingerprint density at radius 3 is 2.44 bits per heavy atom. The lowest BCUT2D eigenvalue weighted by Gasteiger charge is -2.37. The van der Waals surface area contributed by atoms with Gasteiger partial charge in [-0.2, -0.15) is 0 Å². The number of benzene rings is 3. The number of halogens is 2. The standard InChI is InChI=1S/C32H29Cl2NO6/c1-18-28(32(38)41-13-12-40-23-6-4-3-5-7-23)29(21-14-24(34)31(37)27(17-21)39-2)30-25(35-18)15-20(16-26(30)36)19-8-10-22(33)11-9-19/h3-11,14,17,20,29,35,37H,12-13,15-16H2,1-2H3/t20-,29+/m1/s1. The molecule has 5 rings (SSSR count). The Bertz CT molecular complexity index is 1530. The zero-order valence-corrected chi connectivity index (χ0v) is 24.1. The van der Waals surface area contributed by atoms with Gasteiger partial charge in [-0.15, -0.1) is 0 Å². The number of hydrogen-bond acceptors (Lipinski definition) is 7. The summed E-state index contributed by atoms with van der Waals surface area (Å²) in [6.45, 7) is 1.95. The van der Waals surface area contributed by atoms with Crippen LogP contribution in [0.15, 0.2) is 89.3 Å². The summed E-state index contributed by atoms with van der Waals surface area (Å²) >= 11 is 12.4. The van der Waals surface area contributed by atoms with Gasteiger partial charge in [0.15, 0.2) is 17.3 Å². The number of carbonyl (C=O) groups is 2. The maximum atomic E-state index is 13.8. The fourth-order valence-corrected chi connectivity index (χ4v) is 5.76. The third-order valence-electron chi connectivity index (χ3n) is 7.32. The minimum Gasteiger partial charge on any atom is -0.503 e. The molecule has 0 amide bonds. The van der Waals surface area contributed by atoms with E-state index in [4.69, 9.17) is 37.4 Å². The second kappa shape index (κ2) is 12.3. The number of methoxy groups -OCH3 is 1. The lowest BCUT2D eigenvalue weighted by Crippen LogP contribution is -2.36. The van der Waals surface area contributed by atoms with Gasteiger partial charge in [-0.25, -0.2) is 4.79 Å². The van der Waals surface area contributed by atoms with E-state index in [0.717, 1.165) is 11.3 Å². The van der Waals surface area contributed by atoms with Crippen LogP contribution in [0, 0.1) is 0 Å². The number of aromatic hydroxyl groups is 1. The molecule has 7 nitrogen and oxygen atoms in total. The molecule has 2 aliphatic rings. The van der Waals surface area contributed by atoms with Crippen LogP contribution < -0.4 is 14.8 Å². The molecular weight excluding hydrogens is 565 g/mol. The van der Waals surface area contributed by atoms with Gasteiger partial charge in [0.2, 0.25) is 0 Å². The number of rotatable bonds is 8. The number of carbonyl (C=O) groups excluding carboxylic acids is 2. The molecule has 0 fully saturated rings. The highest BCUT2D eigenvalue weighted by atomic mass is 35.5. The summed E-state index contributed by atoms with van der Waals surface area (Å²) in [5.41, 5.74) is 3.59. The van der Waals surface area contributed by atoms with Crippen LogP contribution in [0.5, 0.6) is 17.2 Å². The monoisotopic (exact) mass is 593 g/mol.